The number of nitrogens with two attached hydrogens (primary N) is 1. The first-order valence-electron chi connectivity index (χ1n) is 6.16. The summed E-state index contributed by atoms with van der Waals surface area (Å²) >= 11 is 5.76. The smallest absolute Gasteiger partial charge is 0.187 e. The third-order valence-electron chi connectivity index (χ3n) is 3.14. The van der Waals surface area contributed by atoms with E-state index in [0.717, 1.165) is 11.1 Å². The first-order chi connectivity index (χ1) is 10.1. The molecule has 0 spiro atoms. The molecule has 0 amide bonds. The molecule has 7 heteroatoms. The number of rotatable bonds is 2. The highest BCUT2D eigenvalue weighted by Gasteiger charge is 2.14. The number of aromatic nitrogens is 4. The van der Waals surface area contributed by atoms with Gasteiger partial charge in [-0.3, -0.25) is 0 Å². The van der Waals surface area contributed by atoms with Gasteiger partial charge < -0.3 is 5.73 Å². The van der Waals surface area contributed by atoms with E-state index in [-0.39, 0.29) is 5.69 Å². The zero-order valence-corrected chi connectivity index (χ0v) is 11.8. The van der Waals surface area contributed by atoms with Gasteiger partial charge in [0, 0.05) is 16.3 Å². The van der Waals surface area contributed by atoms with E-state index in [2.05, 4.69) is 15.5 Å². The molecule has 0 aliphatic carbocycles. The molecule has 0 saturated carbocycles. The van der Waals surface area contributed by atoms with E-state index >= 15 is 0 Å². The van der Waals surface area contributed by atoms with Crippen molar-refractivity contribution in [2.45, 2.75) is 6.92 Å². The molecule has 5 nitrogen and oxygen atoms in total. The van der Waals surface area contributed by atoms with Gasteiger partial charge in [0.05, 0.1) is 0 Å². The summed E-state index contributed by atoms with van der Waals surface area (Å²) in [6.07, 6.45) is 0. The second-order valence-corrected chi connectivity index (χ2v) is 5.02. The summed E-state index contributed by atoms with van der Waals surface area (Å²) in [4.78, 5) is 0. The largest absolute Gasteiger partial charge is 0.399 e. The van der Waals surface area contributed by atoms with E-state index in [1.165, 1.54) is 16.8 Å². The fourth-order valence-corrected chi connectivity index (χ4v) is 2.16. The third-order valence-corrected chi connectivity index (χ3v) is 3.37. The van der Waals surface area contributed by atoms with Gasteiger partial charge in [-0.2, -0.15) is 4.68 Å². The Bertz CT molecular complexity index is 815. The molecule has 2 N–H and O–H groups in total. The van der Waals surface area contributed by atoms with E-state index in [1.807, 2.05) is 13.0 Å². The van der Waals surface area contributed by atoms with Crippen molar-refractivity contribution < 1.29 is 4.39 Å². The Morgan fingerprint density at radius 2 is 2.00 bits per heavy atom. The molecule has 0 saturated heterocycles. The van der Waals surface area contributed by atoms with Crippen LogP contribution in [0.15, 0.2) is 36.4 Å². The van der Waals surface area contributed by atoms with Gasteiger partial charge >= 0.3 is 0 Å². The molecule has 106 valence electrons. The van der Waals surface area contributed by atoms with Crippen LogP contribution < -0.4 is 5.73 Å². The molecule has 1 heterocycles. The van der Waals surface area contributed by atoms with Crippen LogP contribution in [0.5, 0.6) is 0 Å². The number of benzene rings is 2. The lowest BCUT2D eigenvalue weighted by Crippen LogP contribution is -2.03. The Balaban J connectivity index is 2.14. The minimum absolute atomic E-state index is 0.230. The van der Waals surface area contributed by atoms with E-state index < -0.39 is 5.82 Å². The Labute approximate surface area is 125 Å². The molecule has 3 aromatic rings. The molecule has 0 fully saturated rings. The van der Waals surface area contributed by atoms with Gasteiger partial charge in [0.1, 0.15) is 11.5 Å². The van der Waals surface area contributed by atoms with E-state index in [4.69, 9.17) is 17.3 Å². The standard InChI is InChI=1S/C14H11ClFN5/c1-8-6-9(2-4-12(8)17)14-18-19-20-21(14)13-5-3-10(15)7-11(13)16/h2-7H,17H2,1H3. The van der Waals surface area contributed by atoms with Gasteiger partial charge in [0.2, 0.25) is 0 Å². The number of aryl methyl sites for hydroxylation is 1. The maximum atomic E-state index is 14.0. The summed E-state index contributed by atoms with van der Waals surface area (Å²) in [5.74, 6) is -0.0671. The van der Waals surface area contributed by atoms with Gasteiger partial charge in [-0.25, -0.2) is 4.39 Å². The van der Waals surface area contributed by atoms with Crippen molar-refractivity contribution in [3.8, 4) is 17.1 Å². The predicted molar refractivity (Wildman–Crippen MR) is 78.7 cm³/mol. The highest BCUT2D eigenvalue weighted by atomic mass is 35.5. The van der Waals surface area contributed by atoms with Crippen LogP contribution in [0.2, 0.25) is 5.02 Å². The lowest BCUT2D eigenvalue weighted by Gasteiger charge is -2.07. The molecule has 0 aliphatic rings. The van der Waals surface area contributed by atoms with Crippen molar-refractivity contribution in [2.24, 2.45) is 0 Å². The Hall–Kier alpha value is -2.47. The molecule has 0 unspecified atom stereocenters. The van der Waals surface area contributed by atoms with Gasteiger partial charge in [-0.05, 0) is 59.3 Å². The van der Waals surface area contributed by atoms with Crippen molar-refractivity contribution in [3.05, 3.63) is 52.8 Å². The summed E-state index contributed by atoms with van der Waals surface area (Å²) in [5, 5.41) is 11.7. The summed E-state index contributed by atoms with van der Waals surface area (Å²) < 4.78 is 15.4. The number of nitrogens with zero attached hydrogens (tertiary/aromatic N) is 4. The van der Waals surface area contributed by atoms with Gasteiger partial charge in [-0.15, -0.1) is 5.10 Å². The molecule has 0 atom stereocenters. The topological polar surface area (TPSA) is 69.6 Å². The van der Waals surface area contributed by atoms with Crippen molar-refractivity contribution in [2.75, 3.05) is 5.73 Å². The predicted octanol–water partition coefficient (Wildman–Crippen LogP) is 3.01. The zero-order chi connectivity index (χ0) is 15.0. The van der Waals surface area contributed by atoms with Crippen LogP contribution in [0.1, 0.15) is 5.56 Å². The van der Waals surface area contributed by atoms with Gasteiger partial charge in [0.15, 0.2) is 5.82 Å². The van der Waals surface area contributed by atoms with Gasteiger partial charge in [-0.1, -0.05) is 11.6 Å². The lowest BCUT2D eigenvalue weighted by molar-refractivity contribution is 0.608. The molecule has 0 aliphatic heterocycles. The average Bonchev–Trinajstić information content (AvgIpc) is 2.91. The van der Waals surface area contributed by atoms with E-state index in [9.17, 15) is 4.39 Å². The molecule has 2 aromatic carbocycles. The first kappa shape index (κ1) is 13.5. The second kappa shape index (κ2) is 5.14. The molecule has 1 aromatic heterocycles. The minimum Gasteiger partial charge on any atom is -0.399 e. The number of tetrazole rings is 1. The maximum absolute atomic E-state index is 14.0. The van der Waals surface area contributed by atoms with Crippen LogP contribution in [0.3, 0.4) is 0 Å². The Morgan fingerprint density at radius 3 is 2.71 bits per heavy atom. The summed E-state index contributed by atoms with van der Waals surface area (Å²) in [5.41, 5.74) is 8.36. The number of hydrogen-bond donors (Lipinski definition) is 1. The highest BCUT2D eigenvalue weighted by molar-refractivity contribution is 6.30. The van der Waals surface area contributed by atoms with Crippen LogP contribution >= 0.6 is 11.6 Å². The fraction of sp³-hybridized carbons (Fsp3) is 0.0714. The van der Waals surface area contributed by atoms with Crippen LogP contribution in [-0.4, -0.2) is 20.2 Å². The third kappa shape index (κ3) is 2.45. The SMILES string of the molecule is Cc1cc(-c2nnnn2-c2ccc(Cl)cc2F)ccc1N. The Kier molecular flexibility index (Phi) is 3.31. The van der Waals surface area contributed by atoms with Crippen molar-refractivity contribution in [3.63, 3.8) is 0 Å². The average molecular weight is 304 g/mol. The summed E-state index contributed by atoms with van der Waals surface area (Å²) in [7, 11) is 0. The number of hydrogen-bond acceptors (Lipinski definition) is 4. The summed E-state index contributed by atoms with van der Waals surface area (Å²) in [6.45, 7) is 1.88. The molecule has 21 heavy (non-hydrogen) atoms. The first-order valence-corrected chi connectivity index (χ1v) is 6.54. The van der Waals surface area contributed by atoms with E-state index in [0.29, 0.717) is 16.5 Å². The van der Waals surface area contributed by atoms with Crippen LogP contribution in [0, 0.1) is 12.7 Å². The van der Waals surface area contributed by atoms with Gasteiger partial charge in [0.25, 0.3) is 0 Å². The fourth-order valence-electron chi connectivity index (χ4n) is 2.00. The van der Waals surface area contributed by atoms with Crippen LogP contribution in [0.4, 0.5) is 10.1 Å². The van der Waals surface area contributed by atoms with Crippen LogP contribution in [-0.2, 0) is 0 Å². The lowest BCUT2D eigenvalue weighted by atomic mass is 10.1. The van der Waals surface area contributed by atoms with E-state index in [1.54, 1.807) is 18.2 Å². The second-order valence-electron chi connectivity index (χ2n) is 4.58. The zero-order valence-electron chi connectivity index (χ0n) is 11.1. The minimum atomic E-state index is -0.497. The van der Waals surface area contributed by atoms with Crippen molar-refractivity contribution in [1.29, 1.82) is 0 Å². The molecule has 0 radical (unpaired) electrons. The highest BCUT2D eigenvalue weighted by Crippen LogP contribution is 2.25. The number of nitrogen functional groups attached to an aromatic ring is 1. The van der Waals surface area contributed by atoms with Crippen molar-refractivity contribution in [1.82, 2.24) is 20.2 Å². The molecular weight excluding hydrogens is 293 g/mol. The van der Waals surface area contributed by atoms with Crippen LogP contribution in [0.25, 0.3) is 17.1 Å². The number of halogens is 2. The quantitative estimate of drug-likeness (QED) is 0.739. The Morgan fingerprint density at radius 1 is 1.19 bits per heavy atom. The molecule has 0 bridgehead atoms. The number of anilines is 1. The monoisotopic (exact) mass is 303 g/mol. The molecular formula is C14H11ClFN5. The van der Waals surface area contributed by atoms with Crippen molar-refractivity contribution >= 4 is 17.3 Å². The normalized spacial score (nSPS) is 10.8. The molecule has 3 rings (SSSR count). The maximum Gasteiger partial charge on any atom is 0.187 e. The summed E-state index contributed by atoms with van der Waals surface area (Å²) in [6, 6.07) is 9.74.